The van der Waals surface area contributed by atoms with Gasteiger partial charge in [-0.25, -0.2) is 9.13 Å². The molecule has 2 unspecified atom stereocenters. The summed E-state index contributed by atoms with van der Waals surface area (Å²) in [5, 5.41) is 10.6. The van der Waals surface area contributed by atoms with Gasteiger partial charge in [0.2, 0.25) is 0 Å². The summed E-state index contributed by atoms with van der Waals surface area (Å²) in [4.78, 5) is 72.9. The summed E-state index contributed by atoms with van der Waals surface area (Å²) in [6.07, 6.45) is 59.5. The van der Waals surface area contributed by atoms with Gasteiger partial charge in [-0.05, 0) is 37.5 Å². The van der Waals surface area contributed by atoms with Crippen molar-refractivity contribution < 1.29 is 80.2 Å². The van der Waals surface area contributed by atoms with Crippen LogP contribution < -0.4 is 0 Å². The zero-order valence-corrected chi connectivity index (χ0v) is 65.9. The molecule has 0 aromatic rings. The van der Waals surface area contributed by atoms with Crippen molar-refractivity contribution in [2.75, 3.05) is 39.6 Å². The van der Waals surface area contributed by atoms with Gasteiger partial charge in [-0.2, -0.15) is 0 Å². The first-order chi connectivity index (χ1) is 47.4. The van der Waals surface area contributed by atoms with E-state index < -0.39 is 97.5 Å². The summed E-state index contributed by atoms with van der Waals surface area (Å²) in [6, 6.07) is 0. The molecule has 3 N–H and O–H groups in total. The molecule has 0 aliphatic heterocycles. The number of hydrogen-bond acceptors (Lipinski definition) is 15. The number of phosphoric ester groups is 2. The average Bonchev–Trinajstić information content (AvgIpc) is 0.999. The number of phosphoric acid groups is 2. The average molecular weight is 1440 g/mol. The van der Waals surface area contributed by atoms with Gasteiger partial charge in [0.25, 0.3) is 0 Å². The summed E-state index contributed by atoms with van der Waals surface area (Å²) in [5.74, 6) is -0.538. The van der Waals surface area contributed by atoms with E-state index >= 15 is 0 Å². The van der Waals surface area contributed by atoms with Crippen molar-refractivity contribution in [2.45, 2.75) is 432 Å². The van der Waals surface area contributed by atoms with Gasteiger partial charge in [0.15, 0.2) is 12.2 Å². The SMILES string of the molecule is CCCCCCCCCCCCCCCCCCC(=O)OC[C@H](COP(=O)(O)OC[C@@H](O)COP(=O)(O)OC[C@@H](COC(=O)CCCCCCCCCCCC)OC(=O)CCCCCCCCCCCCCCC(C)C)OC(=O)CCCCCCCCCCCCCCCCC(C)C. The lowest BCUT2D eigenvalue weighted by molar-refractivity contribution is -0.161. The molecule has 0 saturated carbocycles. The third-order valence-electron chi connectivity index (χ3n) is 18.5. The molecule has 0 fully saturated rings. The third-order valence-corrected chi connectivity index (χ3v) is 20.4. The van der Waals surface area contributed by atoms with Crippen molar-refractivity contribution in [3.8, 4) is 0 Å². The number of aliphatic hydroxyl groups is 1. The van der Waals surface area contributed by atoms with E-state index in [9.17, 15) is 43.2 Å². The van der Waals surface area contributed by atoms with Crippen LogP contribution >= 0.6 is 15.6 Å². The van der Waals surface area contributed by atoms with Crippen LogP contribution in [0.1, 0.15) is 414 Å². The van der Waals surface area contributed by atoms with Crippen molar-refractivity contribution in [2.24, 2.45) is 11.8 Å². The lowest BCUT2D eigenvalue weighted by atomic mass is 10.0. The highest BCUT2D eigenvalue weighted by Gasteiger charge is 2.30. The minimum absolute atomic E-state index is 0.107. The Hall–Kier alpha value is -1.94. The van der Waals surface area contributed by atoms with E-state index in [0.717, 1.165) is 102 Å². The maximum Gasteiger partial charge on any atom is 0.472 e. The Morgan fingerprint density at radius 2 is 0.469 bits per heavy atom. The quantitative estimate of drug-likeness (QED) is 0.0222. The molecule has 98 heavy (non-hydrogen) atoms. The fraction of sp³-hybridized carbons (Fsp3) is 0.949. The number of rotatable bonds is 78. The van der Waals surface area contributed by atoms with Crippen LogP contribution in [0.3, 0.4) is 0 Å². The molecule has 19 heteroatoms. The van der Waals surface area contributed by atoms with Crippen molar-refractivity contribution in [3.05, 3.63) is 0 Å². The van der Waals surface area contributed by atoms with Gasteiger partial charge in [0.1, 0.15) is 19.3 Å². The van der Waals surface area contributed by atoms with Crippen LogP contribution in [0.5, 0.6) is 0 Å². The van der Waals surface area contributed by atoms with Crippen molar-refractivity contribution in [1.29, 1.82) is 0 Å². The van der Waals surface area contributed by atoms with Crippen molar-refractivity contribution in [1.82, 2.24) is 0 Å². The van der Waals surface area contributed by atoms with Crippen LogP contribution in [0.2, 0.25) is 0 Å². The van der Waals surface area contributed by atoms with Crippen LogP contribution in [0.25, 0.3) is 0 Å². The predicted octanol–water partition coefficient (Wildman–Crippen LogP) is 23.5. The van der Waals surface area contributed by atoms with Crippen LogP contribution in [0.4, 0.5) is 0 Å². The Kier molecular flexibility index (Phi) is 69.3. The smallest absolute Gasteiger partial charge is 0.462 e. The molecule has 0 rings (SSSR count). The summed E-state index contributed by atoms with van der Waals surface area (Å²) < 4.78 is 68.7. The fourth-order valence-electron chi connectivity index (χ4n) is 12.2. The van der Waals surface area contributed by atoms with Crippen LogP contribution in [-0.2, 0) is 65.4 Å². The zero-order valence-electron chi connectivity index (χ0n) is 64.1. The van der Waals surface area contributed by atoms with Crippen molar-refractivity contribution >= 4 is 39.5 Å². The Balaban J connectivity index is 5.25. The van der Waals surface area contributed by atoms with Gasteiger partial charge in [-0.3, -0.25) is 37.3 Å². The van der Waals surface area contributed by atoms with Crippen LogP contribution in [0.15, 0.2) is 0 Å². The minimum atomic E-state index is -4.96. The number of carbonyl (C=O) groups is 4. The Labute approximate surface area is 600 Å². The maximum absolute atomic E-state index is 13.1. The van der Waals surface area contributed by atoms with E-state index in [0.29, 0.717) is 25.7 Å². The molecule has 0 aromatic carbocycles. The zero-order chi connectivity index (χ0) is 72.1. The van der Waals surface area contributed by atoms with Crippen molar-refractivity contribution in [3.63, 3.8) is 0 Å². The summed E-state index contributed by atoms with van der Waals surface area (Å²) >= 11 is 0. The molecule has 582 valence electrons. The normalized spacial score (nSPS) is 13.9. The molecule has 0 heterocycles. The lowest BCUT2D eigenvalue weighted by Crippen LogP contribution is -2.30. The number of hydrogen-bond donors (Lipinski definition) is 3. The van der Waals surface area contributed by atoms with Gasteiger partial charge < -0.3 is 33.8 Å². The van der Waals surface area contributed by atoms with E-state index in [2.05, 4.69) is 41.5 Å². The topological polar surface area (TPSA) is 237 Å². The maximum atomic E-state index is 13.1. The molecule has 5 atom stereocenters. The summed E-state index contributed by atoms with van der Waals surface area (Å²) in [6.45, 7) is 9.65. The molecule has 0 bridgehead atoms. The largest absolute Gasteiger partial charge is 0.472 e. The van der Waals surface area contributed by atoms with E-state index in [1.807, 2.05) is 0 Å². The predicted molar refractivity (Wildman–Crippen MR) is 400 cm³/mol. The molecule has 0 radical (unpaired) electrons. The second kappa shape index (κ2) is 70.7. The number of carbonyl (C=O) groups excluding carboxylic acids is 4. The highest BCUT2D eigenvalue weighted by Crippen LogP contribution is 2.45. The monoisotopic (exact) mass is 1440 g/mol. The molecule has 0 aliphatic rings. The lowest BCUT2D eigenvalue weighted by Gasteiger charge is -2.21. The van der Waals surface area contributed by atoms with E-state index in [1.165, 1.54) is 231 Å². The standard InChI is InChI=1S/C79H154O17P2/c1-7-9-11-13-15-17-19-20-21-22-26-32-38-44-50-56-62-77(82)90-68-75(96-78(83)63-57-51-45-39-33-27-24-23-25-30-35-41-47-53-59-71(3)4)70-94-98(87,88)92-66-73(80)65-91-97(85,86)93-69-74(67-89-76(81)61-55-49-43-37-18-16-14-12-10-8-2)95-79(84)64-58-52-46-40-34-29-28-31-36-42-48-54-60-72(5)6/h71-75,80H,7-70H2,1-6H3,(H,85,86)(H,87,88)/t73-,74+,75+/m0/s1. The van der Waals surface area contributed by atoms with Gasteiger partial charge in [0, 0.05) is 25.7 Å². The highest BCUT2D eigenvalue weighted by molar-refractivity contribution is 7.47. The Bertz CT molecular complexity index is 1890. The van der Waals surface area contributed by atoms with E-state index in [1.54, 1.807) is 0 Å². The second-order valence-corrected chi connectivity index (χ2v) is 32.3. The minimum Gasteiger partial charge on any atom is -0.462 e. The first-order valence-corrected chi connectivity index (χ1v) is 44.0. The molecule has 0 aliphatic carbocycles. The Morgan fingerprint density at radius 1 is 0.276 bits per heavy atom. The molecule has 0 aromatic heterocycles. The van der Waals surface area contributed by atoms with Gasteiger partial charge >= 0.3 is 39.5 Å². The fourth-order valence-corrected chi connectivity index (χ4v) is 13.8. The second-order valence-electron chi connectivity index (χ2n) is 29.4. The van der Waals surface area contributed by atoms with E-state index in [-0.39, 0.29) is 25.7 Å². The number of unbranched alkanes of at least 4 members (excludes halogenated alkanes) is 48. The van der Waals surface area contributed by atoms with E-state index in [4.69, 9.17) is 37.0 Å². The van der Waals surface area contributed by atoms with Gasteiger partial charge in [0.05, 0.1) is 26.4 Å². The van der Waals surface area contributed by atoms with Gasteiger partial charge in [-0.15, -0.1) is 0 Å². The van der Waals surface area contributed by atoms with Gasteiger partial charge in [-0.1, -0.05) is 363 Å². The Morgan fingerprint density at radius 3 is 0.694 bits per heavy atom. The van der Waals surface area contributed by atoms with Crippen LogP contribution in [0, 0.1) is 11.8 Å². The summed E-state index contributed by atoms with van der Waals surface area (Å²) in [5.41, 5.74) is 0. The number of aliphatic hydroxyl groups excluding tert-OH is 1. The first-order valence-electron chi connectivity index (χ1n) is 41.0. The third kappa shape index (κ3) is 72.4. The number of ether oxygens (including phenoxy) is 4. The molecule has 0 saturated heterocycles. The molecule has 17 nitrogen and oxygen atoms in total. The molecule has 0 spiro atoms. The molecular weight excluding hydrogens is 1280 g/mol. The summed E-state index contributed by atoms with van der Waals surface area (Å²) in [7, 11) is -9.92. The van der Waals surface area contributed by atoms with Crippen LogP contribution in [-0.4, -0.2) is 96.7 Å². The molecule has 0 amide bonds. The highest BCUT2D eigenvalue weighted by atomic mass is 31.2. The first kappa shape index (κ1) is 96.1. The molecular formula is C79H154O17P2. The number of esters is 4.